The van der Waals surface area contributed by atoms with Crippen LogP contribution in [0.25, 0.3) is 0 Å². The van der Waals surface area contributed by atoms with Crippen molar-refractivity contribution in [2.24, 2.45) is 5.73 Å². The Morgan fingerprint density at radius 2 is 2.20 bits per heavy atom. The Bertz CT molecular complexity index is 191. The van der Waals surface area contributed by atoms with E-state index in [1.807, 2.05) is 0 Å². The Balaban J connectivity index is 1.59. The second-order valence-electron chi connectivity index (χ2n) is 5.17. The van der Waals surface area contributed by atoms with Crippen LogP contribution in [0.4, 0.5) is 0 Å². The molecule has 1 saturated heterocycles. The van der Waals surface area contributed by atoms with Gasteiger partial charge in [0.25, 0.3) is 0 Å². The minimum atomic E-state index is 0.352. The number of nitrogens with one attached hydrogen (secondary N) is 1. The smallest absolute Gasteiger partial charge is 0.0207 e. The van der Waals surface area contributed by atoms with Crippen LogP contribution in [0.5, 0.6) is 0 Å². The number of likely N-dealkylation sites (tertiary alicyclic amines) is 1. The molecule has 0 amide bonds. The van der Waals surface area contributed by atoms with Gasteiger partial charge in [-0.05, 0) is 25.7 Å². The first-order valence-corrected chi connectivity index (χ1v) is 6.52. The van der Waals surface area contributed by atoms with E-state index < -0.39 is 0 Å². The van der Waals surface area contributed by atoms with E-state index in [0.29, 0.717) is 12.1 Å². The highest BCUT2D eigenvalue weighted by atomic mass is 15.2. The third-order valence-corrected chi connectivity index (χ3v) is 3.61. The van der Waals surface area contributed by atoms with E-state index in [1.165, 1.54) is 38.8 Å². The molecule has 0 aromatic rings. The molecule has 2 atom stereocenters. The van der Waals surface area contributed by atoms with Gasteiger partial charge in [-0.15, -0.1) is 0 Å². The average Bonchev–Trinajstić information content (AvgIpc) is 2.96. The van der Waals surface area contributed by atoms with Crippen molar-refractivity contribution in [3.05, 3.63) is 0 Å². The number of rotatable bonds is 6. The van der Waals surface area contributed by atoms with Crippen molar-refractivity contribution in [3.8, 4) is 0 Å². The summed E-state index contributed by atoms with van der Waals surface area (Å²) in [6, 6.07) is 1.99. The van der Waals surface area contributed by atoms with Crippen LogP contribution in [-0.2, 0) is 0 Å². The lowest BCUT2D eigenvalue weighted by Crippen LogP contribution is -2.41. The fourth-order valence-corrected chi connectivity index (χ4v) is 2.52. The van der Waals surface area contributed by atoms with Crippen molar-refractivity contribution in [2.45, 2.75) is 57.2 Å². The van der Waals surface area contributed by atoms with Crippen molar-refractivity contribution in [1.82, 2.24) is 10.2 Å². The number of hydrogen-bond donors (Lipinski definition) is 2. The second-order valence-corrected chi connectivity index (χ2v) is 5.17. The topological polar surface area (TPSA) is 41.3 Å². The fourth-order valence-electron chi connectivity index (χ4n) is 2.52. The summed E-state index contributed by atoms with van der Waals surface area (Å²) in [4.78, 5) is 2.64. The van der Waals surface area contributed by atoms with Gasteiger partial charge in [-0.3, -0.25) is 4.90 Å². The molecule has 0 radical (unpaired) electrons. The van der Waals surface area contributed by atoms with Crippen LogP contribution in [0.3, 0.4) is 0 Å². The van der Waals surface area contributed by atoms with Crippen LogP contribution in [0.2, 0.25) is 0 Å². The van der Waals surface area contributed by atoms with Gasteiger partial charge < -0.3 is 11.1 Å². The van der Waals surface area contributed by atoms with Crippen LogP contribution >= 0.6 is 0 Å². The van der Waals surface area contributed by atoms with E-state index in [0.717, 1.165) is 19.0 Å². The highest BCUT2D eigenvalue weighted by Crippen LogP contribution is 2.29. The summed E-state index contributed by atoms with van der Waals surface area (Å²) in [5, 5.41) is 3.61. The van der Waals surface area contributed by atoms with Gasteiger partial charge in [-0.2, -0.15) is 0 Å². The van der Waals surface area contributed by atoms with Crippen LogP contribution < -0.4 is 11.1 Å². The van der Waals surface area contributed by atoms with E-state index in [-0.39, 0.29) is 0 Å². The van der Waals surface area contributed by atoms with Gasteiger partial charge in [0.1, 0.15) is 0 Å². The molecule has 2 unspecified atom stereocenters. The summed E-state index contributed by atoms with van der Waals surface area (Å²) >= 11 is 0. The molecule has 2 fully saturated rings. The molecule has 0 aromatic heterocycles. The summed E-state index contributed by atoms with van der Waals surface area (Å²) in [6.45, 7) is 5.75. The second kappa shape index (κ2) is 5.28. The van der Waals surface area contributed by atoms with Gasteiger partial charge in [0, 0.05) is 37.8 Å². The molecule has 0 spiro atoms. The maximum absolute atomic E-state index is 5.99. The van der Waals surface area contributed by atoms with Gasteiger partial charge >= 0.3 is 0 Å². The maximum atomic E-state index is 5.99. The lowest BCUT2D eigenvalue weighted by atomic mass is 10.1. The predicted molar refractivity (Wildman–Crippen MR) is 63.9 cm³/mol. The zero-order chi connectivity index (χ0) is 10.7. The van der Waals surface area contributed by atoms with Crippen LogP contribution in [0, 0.1) is 0 Å². The highest BCUT2D eigenvalue weighted by molar-refractivity contribution is 4.92. The van der Waals surface area contributed by atoms with Gasteiger partial charge in [-0.1, -0.05) is 13.3 Å². The Morgan fingerprint density at radius 1 is 1.40 bits per heavy atom. The molecule has 3 heteroatoms. The zero-order valence-corrected chi connectivity index (χ0v) is 9.91. The largest absolute Gasteiger partial charge is 0.327 e. The molecule has 2 rings (SSSR count). The third kappa shape index (κ3) is 3.44. The molecule has 1 aliphatic heterocycles. The number of hydrogen-bond acceptors (Lipinski definition) is 3. The molecular weight excluding hydrogens is 186 g/mol. The van der Waals surface area contributed by atoms with Crippen molar-refractivity contribution in [3.63, 3.8) is 0 Å². The third-order valence-electron chi connectivity index (χ3n) is 3.61. The SMILES string of the molecule is CCCC(N)CNC1CCN(C2CC2)C1. The quantitative estimate of drug-likeness (QED) is 0.687. The van der Waals surface area contributed by atoms with E-state index in [4.69, 9.17) is 5.73 Å². The van der Waals surface area contributed by atoms with E-state index in [1.54, 1.807) is 0 Å². The lowest BCUT2D eigenvalue weighted by Gasteiger charge is -2.18. The highest BCUT2D eigenvalue weighted by Gasteiger charge is 2.34. The van der Waals surface area contributed by atoms with E-state index in [2.05, 4.69) is 17.1 Å². The Kier molecular flexibility index (Phi) is 4.00. The molecule has 1 saturated carbocycles. The average molecular weight is 211 g/mol. The first kappa shape index (κ1) is 11.4. The van der Waals surface area contributed by atoms with Crippen LogP contribution in [-0.4, -0.2) is 42.7 Å². The summed E-state index contributed by atoms with van der Waals surface area (Å²) in [7, 11) is 0. The molecule has 2 aliphatic rings. The van der Waals surface area contributed by atoms with Gasteiger partial charge in [-0.25, -0.2) is 0 Å². The van der Waals surface area contributed by atoms with Gasteiger partial charge in [0.2, 0.25) is 0 Å². The lowest BCUT2D eigenvalue weighted by molar-refractivity contribution is 0.316. The molecule has 15 heavy (non-hydrogen) atoms. The monoisotopic (exact) mass is 211 g/mol. The molecule has 3 N–H and O–H groups in total. The maximum Gasteiger partial charge on any atom is 0.0207 e. The van der Waals surface area contributed by atoms with Crippen molar-refractivity contribution in [1.29, 1.82) is 0 Å². The summed E-state index contributed by atoms with van der Waals surface area (Å²) < 4.78 is 0. The summed E-state index contributed by atoms with van der Waals surface area (Å²) in [5.41, 5.74) is 5.99. The first-order valence-electron chi connectivity index (χ1n) is 6.52. The predicted octanol–water partition coefficient (Wildman–Crippen LogP) is 0.940. The number of nitrogens with two attached hydrogens (primary N) is 1. The van der Waals surface area contributed by atoms with Crippen molar-refractivity contribution in [2.75, 3.05) is 19.6 Å². The van der Waals surface area contributed by atoms with Gasteiger partial charge in [0.05, 0.1) is 0 Å². The van der Waals surface area contributed by atoms with Crippen molar-refractivity contribution < 1.29 is 0 Å². The molecule has 0 bridgehead atoms. The molecule has 1 aliphatic carbocycles. The fraction of sp³-hybridized carbons (Fsp3) is 1.00. The molecule has 3 nitrogen and oxygen atoms in total. The van der Waals surface area contributed by atoms with E-state index >= 15 is 0 Å². The van der Waals surface area contributed by atoms with Gasteiger partial charge in [0.15, 0.2) is 0 Å². The zero-order valence-electron chi connectivity index (χ0n) is 9.91. The Hall–Kier alpha value is -0.120. The first-order chi connectivity index (χ1) is 7.29. The Labute approximate surface area is 93.4 Å². The molecule has 1 heterocycles. The van der Waals surface area contributed by atoms with E-state index in [9.17, 15) is 0 Å². The van der Waals surface area contributed by atoms with Crippen molar-refractivity contribution >= 4 is 0 Å². The molecule has 0 aromatic carbocycles. The minimum Gasteiger partial charge on any atom is -0.327 e. The van der Waals surface area contributed by atoms with Crippen LogP contribution in [0.15, 0.2) is 0 Å². The summed E-state index contributed by atoms with van der Waals surface area (Å²) in [6.07, 6.45) is 6.52. The minimum absolute atomic E-state index is 0.352. The number of nitrogens with zero attached hydrogens (tertiary/aromatic N) is 1. The Morgan fingerprint density at radius 3 is 2.87 bits per heavy atom. The summed E-state index contributed by atoms with van der Waals surface area (Å²) in [5.74, 6) is 0. The van der Waals surface area contributed by atoms with Crippen LogP contribution in [0.1, 0.15) is 39.0 Å². The molecule has 88 valence electrons. The normalized spacial score (nSPS) is 29.6. The standard InChI is InChI=1S/C12H25N3/c1-2-3-10(13)8-14-11-6-7-15(9-11)12-4-5-12/h10-12,14H,2-9,13H2,1H3. The molecular formula is C12H25N3.